The molecular weight excluding hydrogens is 233 g/mol. The number of aromatic nitrogens is 2. The number of halogens is 3. The van der Waals surface area contributed by atoms with Gasteiger partial charge in [0, 0.05) is 6.20 Å². The van der Waals surface area contributed by atoms with Gasteiger partial charge in [-0.15, -0.1) is 0 Å². The zero-order valence-electron chi connectivity index (χ0n) is 8.40. The molecule has 1 aromatic heterocycles. The predicted molar refractivity (Wildman–Crippen MR) is 52.4 cm³/mol. The Bertz CT molecular complexity index is 500. The molecule has 1 aromatic carbocycles. The number of benzene rings is 1. The first-order chi connectivity index (χ1) is 8.05. The lowest BCUT2D eigenvalue weighted by Crippen LogP contribution is -2.08. The molecule has 6 heteroatoms. The van der Waals surface area contributed by atoms with Crippen LogP contribution in [0.25, 0.3) is 0 Å². The summed E-state index contributed by atoms with van der Waals surface area (Å²) in [7, 11) is 0. The van der Waals surface area contributed by atoms with E-state index < -0.39 is 11.9 Å². The Kier molecular flexibility index (Phi) is 2.95. The molecule has 0 aliphatic heterocycles. The first-order valence-electron chi connectivity index (χ1n) is 4.60. The Balaban J connectivity index is 2.23. The summed E-state index contributed by atoms with van der Waals surface area (Å²) >= 11 is 0. The molecule has 0 aliphatic carbocycles. The smallest absolute Gasteiger partial charge is 0.424 e. The molecule has 0 amide bonds. The Hall–Kier alpha value is -2.11. The SMILES string of the molecule is FC(F)(F)c1ccnc(Oc2cc[c]cc2)n1. The van der Waals surface area contributed by atoms with E-state index in [0.717, 1.165) is 12.3 Å². The van der Waals surface area contributed by atoms with E-state index >= 15 is 0 Å². The number of hydrogen-bond acceptors (Lipinski definition) is 3. The summed E-state index contributed by atoms with van der Waals surface area (Å²) < 4.78 is 42.1. The maximum Gasteiger partial charge on any atom is 0.433 e. The highest BCUT2D eigenvalue weighted by Gasteiger charge is 2.33. The van der Waals surface area contributed by atoms with Crippen molar-refractivity contribution in [2.24, 2.45) is 0 Å². The highest BCUT2D eigenvalue weighted by molar-refractivity contribution is 5.24. The zero-order chi connectivity index (χ0) is 12.3. The standard InChI is InChI=1S/C11H6F3N2O/c12-11(13,14)9-6-7-15-10(16-9)17-8-4-2-1-3-5-8/h2-7H. The van der Waals surface area contributed by atoms with Crippen molar-refractivity contribution in [1.29, 1.82) is 0 Å². The van der Waals surface area contributed by atoms with Gasteiger partial charge in [0.05, 0.1) is 0 Å². The summed E-state index contributed by atoms with van der Waals surface area (Å²) in [5.41, 5.74) is -1.04. The van der Waals surface area contributed by atoms with Gasteiger partial charge in [0.15, 0.2) is 5.69 Å². The average Bonchev–Trinajstić information content (AvgIpc) is 2.29. The van der Waals surface area contributed by atoms with Crippen LogP contribution in [0.4, 0.5) is 13.2 Å². The molecule has 0 saturated heterocycles. The van der Waals surface area contributed by atoms with E-state index in [0.29, 0.717) is 5.75 Å². The van der Waals surface area contributed by atoms with Gasteiger partial charge in [-0.05, 0) is 24.3 Å². The molecular formula is C11H6F3N2O. The maximum absolute atomic E-state index is 12.4. The largest absolute Gasteiger partial charge is 0.433 e. The zero-order valence-corrected chi connectivity index (χ0v) is 8.40. The minimum absolute atomic E-state index is 0.342. The van der Waals surface area contributed by atoms with E-state index in [1.807, 2.05) is 0 Å². The normalized spacial score (nSPS) is 11.2. The molecule has 3 nitrogen and oxygen atoms in total. The van der Waals surface area contributed by atoms with Crippen molar-refractivity contribution in [2.75, 3.05) is 0 Å². The Morgan fingerprint density at radius 2 is 1.82 bits per heavy atom. The van der Waals surface area contributed by atoms with Crippen molar-refractivity contribution in [2.45, 2.75) is 6.18 Å². The number of alkyl halides is 3. The van der Waals surface area contributed by atoms with E-state index in [1.165, 1.54) is 0 Å². The molecule has 87 valence electrons. The third-order valence-corrected chi connectivity index (χ3v) is 1.82. The molecule has 1 heterocycles. The lowest BCUT2D eigenvalue weighted by Gasteiger charge is -2.07. The second kappa shape index (κ2) is 4.40. The number of nitrogens with zero attached hydrogens (tertiary/aromatic N) is 2. The van der Waals surface area contributed by atoms with Crippen LogP contribution in [-0.4, -0.2) is 9.97 Å². The molecule has 0 bridgehead atoms. The topological polar surface area (TPSA) is 35.0 Å². The van der Waals surface area contributed by atoms with Crippen LogP contribution in [0.5, 0.6) is 11.8 Å². The molecule has 0 aliphatic rings. The van der Waals surface area contributed by atoms with Crippen LogP contribution in [0, 0.1) is 6.07 Å². The number of ether oxygens (including phenoxy) is 1. The quantitative estimate of drug-likeness (QED) is 0.807. The van der Waals surface area contributed by atoms with Gasteiger partial charge < -0.3 is 4.74 Å². The van der Waals surface area contributed by atoms with Gasteiger partial charge in [0.1, 0.15) is 5.75 Å². The summed E-state index contributed by atoms with van der Waals surface area (Å²) in [6, 6.07) is 9.43. The van der Waals surface area contributed by atoms with Crippen LogP contribution in [0.3, 0.4) is 0 Å². The molecule has 0 atom stereocenters. The Morgan fingerprint density at radius 1 is 1.12 bits per heavy atom. The fourth-order valence-corrected chi connectivity index (χ4v) is 1.09. The molecule has 2 rings (SSSR count). The Labute approximate surface area is 94.9 Å². The van der Waals surface area contributed by atoms with Gasteiger partial charge >= 0.3 is 12.2 Å². The van der Waals surface area contributed by atoms with Crippen molar-refractivity contribution in [3.63, 3.8) is 0 Å². The van der Waals surface area contributed by atoms with Crippen LogP contribution < -0.4 is 4.74 Å². The highest BCUT2D eigenvalue weighted by Crippen LogP contribution is 2.28. The van der Waals surface area contributed by atoms with Gasteiger partial charge in [-0.25, -0.2) is 4.98 Å². The first kappa shape index (κ1) is 11.4. The molecule has 0 N–H and O–H groups in total. The first-order valence-corrected chi connectivity index (χ1v) is 4.60. The van der Waals surface area contributed by atoms with E-state index in [9.17, 15) is 13.2 Å². The fourth-order valence-electron chi connectivity index (χ4n) is 1.09. The van der Waals surface area contributed by atoms with Crippen LogP contribution in [0.15, 0.2) is 36.5 Å². The van der Waals surface area contributed by atoms with Gasteiger partial charge in [0.25, 0.3) is 0 Å². The Morgan fingerprint density at radius 3 is 2.47 bits per heavy atom. The van der Waals surface area contributed by atoms with Crippen molar-refractivity contribution < 1.29 is 17.9 Å². The van der Waals surface area contributed by atoms with Crippen LogP contribution in [0.1, 0.15) is 5.69 Å². The molecule has 17 heavy (non-hydrogen) atoms. The monoisotopic (exact) mass is 239 g/mol. The third-order valence-electron chi connectivity index (χ3n) is 1.82. The molecule has 1 radical (unpaired) electrons. The predicted octanol–water partition coefficient (Wildman–Crippen LogP) is 3.09. The van der Waals surface area contributed by atoms with Crippen LogP contribution >= 0.6 is 0 Å². The summed E-state index contributed by atoms with van der Waals surface area (Å²) in [4.78, 5) is 6.88. The van der Waals surface area contributed by atoms with Crippen molar-refractivity contribution in [3.8, 4) is 11.8 Å². The van der Waals surface area contributed by atoms with E-state index in [1.54, 1.807) is 24.3 Å². The minimum atomic E-state index is -4.51. The minimum Gasteiger partial charge on any atom is -0.424 e. The maximum atomic E-state index is 12.4. The lowest BCUT2D eigenvalue weighted by molar-refractivity contribution is -0.141. The molecule has 0 unspecified atom stereocenters. The van der Waals surface area contributed by atoms with Gasteiger partial charge in [-0.2, -0.15) is 18.2 Å². The molecule has 2 aromatic rings. The van der Waals surface area contributed by atoms with E-state index in [2.05, 4.69) is 16.0 Å². The van der Waals surface area contributed by atoms with Gasteiger partial charge in [-0.3, -0.25) is 0 Å². The van der Waals surface area contributed by atoms with Crippen molar-refractivity contribution in [1.82, 2.24) is 9.97 Å². The number of rotatable bonds is 2. The highest BCUT2D eigenvalue weighted by atomic mass is 19.4. The second-order valence-corrected chi connectivity index (χ2v) is 3.06. The summed E-state index contributed by atoms with van der Waals surface area (Å²) in [6.45, 7) is 0. The van der Waals surface area contributed by atoms with Crippen molar-refractivity contribution in [3.05, 3.63) is 48.3 Å². The fraction of sp³-hybridized carbons (Fsp3) is 0.0909. The average molecular weight is 239 g/mol. The van der Waals surface area contributed by atoms with E-state index in [-0.39, 0.29) is 6.01 Å². The van der Waals surface area contributed by atoms with Crippen LogP contribution in [-0.2, 0) is 6.18 Å². The second-order valence-electron chi connectivity index (χ2n) is 3.06. The molecule has 0 saturated carbocycles. The third kappa shape index (κ3) is 2.93. The van der Waals surface area contributed by atoms with Gasteiger partial charge in [-0.1, -0.05) is 12.1 Å². The summed E-state index contributed by atoms with van der Waals surface area (Å²) in [5, 5.41) is 0. The van der Waals surface area contributed by atoms with E-state index in [4.69, 9.17) is 4.74 Å². The van der Waals surface area contributed by atoms with Gasteiger partial charge in [0.2, 0.25) is 0 Å². The summed E-state index contributed by atoms with van der Waals surface area (Å²) in [5.74, 6) is 0.350. The number of hydrogen-bond donors (Lipinski definition) is 0. The van der Waals surface area contributed by atoms with Crippen LogP contribution in [0.2, 0.25) is 0 Å². The van der Waals surface area contributed by atoms with Crippen molar-refractivity contribution >= 4 is 0 Å². The lowest BCUT2D eigenvalue weighted by atomic mass is 10.3. The molecule has 0 fully saturated rings. The molecule has 0 spiro atoms. The summed E-state index contributed by atoms with van der Waals surface area (Å²) in [6.07, 6.45) is -3.51.